The predicted octanol–water partition coefficient (Wildman–Crippen LogP) is 4.14. The standard InChI is InChI=1S/C17H33NO/c1-4-18-13-17(11-9-14(2)10-12-17)19-16-8-6-5-7-15(16)3/h14-16,18H,4-13H2,1-3H3. The lowest BCUT2D eigenvalue weighted by Crippen LogP contribution is -2.49. The summed E-state index contributed by atoms with van der Waals surface area (Å²) in [5.74, 6) is 1.65. The number of rotatable bonds is 5. The van der Waals surface area contributed by atoms with Crippen molar-refractivity contribution < 1.29 is 4.74 Å². The maximum absolute atomic E-state index is 6.72. The molecule has 0 radical (unpaired) electrons. The minimum absolute atomic E-state index is 0.138. The number of hydrogen-bond acceptors (Lipinski definition) is 2. The fourth-order valence-corrected chi connectivity index (χ4v) is 3.76. The zero-order valence-electron chi connectivity index (χ0n) is 13.2. The summed E-state index contributed by atoms with van der Waals surface area (Å²) in [4.78, 5) is 0. The third-order valence-electron chi connectivity index (χ3n) is 5.32. The molecule has 2 rings (SSSR count). The van der Waals surface area contributed by atoms with E-state index in [1.807, 2.05) is 0 Å². The number of likely N-dealkylation sites (N-methyl/N-ethyl adjacent to an activating group) is 1. The van der Waals surface area contributed by atoms with Gasteiger partial charge in [-0.2, -0.15) is 0 Å². The molecule has 2 atom stereocenters. The van der Waals surface area contributed by atoms with Crippen LogP contribution in [0.5, 0.6) is 0 Å². The summed E-state index contributed by atoms with van der Waals surface area (Å²) in [5.41, 5.74) is 0.138. The summed E-state index contributed by atoms with van der Waals surface area (Å²) in [7, 11) is 0. The van der Waals surface area contributed by atoms with Gasteiger partial charge in [0.1, 0.15) is 0 Å². The van der Waals surface area contributed by atoms with Gasteiger partial charge in [0.2, 0.25) is 0 Å². The van der Waals surface area contributed by atoms with Gasteiger partial charge in [-0.25, -0.2) is 0 Å². The summed E-state index contributed by atoms with van der Waals surface area (Å²) in [5, 5.41) is 3.55. The highest BCUT2D eigenvalue weighted by Crippen LogP contribution is 2.38. The van der Waals surface area contributed by atoms with Crippen LogP contribution in [0.4, 0.5) is 0 Å². The van der Waals surface area contributed by atoms with E-state index in [4.69, 9.17) is 4.74 Å². The quantitative estimate of drug-likeness (QED) is 0.808. The molecule has 2 nitrogen and oxygen atoms in total. The monoisotopic (exact) mass is 267 g/mol. The smallest absolute Gasteiger partial charge is 0.0810 e. The molecule has 0 spiro atoms. The first-order valence-corrected chi connectivity index (χ1v) is 8.54. The highest BCUT2D eigenvalue weighted by Gasteiger charge is 2.38. The molecule has 0 bridgehead atoms. The third-order valence-corrected chi connectivity index (χ3v) is 5.32. The van der Waals surface area contributed by atoms with Crippen LogP contribution in [0.25, 0.3) is 0 Å². The zero-order chi connectivity index (χ0) is 13.7. The van der Waals surface area contributed by atoms with Crippen molar-refractivity contribution in [2.45, 2.75) is 83.8 Å². The van der Waals surface area contributed by atoms with Gasteiger partial charge in [-0.3, -0.25) is 0 Å². The van der Waals surface area contributed by atoms with Gasteiger partial charge in [-0.1, -0.05) is 33.6 Å². The topological polar surface area (TPSA) is 21.3 Å². The SMILES string of the molecule is CCNCC1(OC2CCCCC2C)CCC(C)CC1. The molecule has 2 unspecified atom stereocenters. The first-order valence-electron chi connectivity index (χ1n) is 8.54. The molecule has 2 fully saturated rings. The van der Waals surface area contributed by atoms with E-state index in [2.05, 4.69) is 26.1 Å². The van der Waals surface area contributed by atoms with Crippen LogP contribution in [0.15, 0.2) is 0 Å². The van der Waals surface area contributed by atoms with Crippen LogP contribution in [0.2, 0.25) is 0 Å². The third kappa shape index (κ3) is 4.19. The fourth-order valence-electron chi connectivity index (χ4n) is 3.76. The highest BCUT2D eigenvalue weighted by atomic mass is 16.5. The molecule has 0 heterocycles. The molecular formula is C17H33NO. The Labute approximate surface area is 119 Å². The minimum atomic E-state index is 0.138. The molecule has 0 amide bonds. The van der Waals surface area contributed by atoms with Crippen molar-refractivity contribution in [1.29, 1.82) is 0 Å². The normalized spacial score (nSPS) is 40.3. The van der Waals surface area contributed by atoms with Crippen LogP contribution in [0, 0.1) is 11.8 Å². The second kappa shape index (κ2) is 7.08. The molecule has 0 aromatic rings. The summed E-state index contributed by atoms with van der Waals surface area (Å²) in [6.07, 6.45) is 11.1. The molecule has 0 aromatic heterocycles. The summed E-state index contributed by atoms with van der Waals surface area (Å²) in [6, 6.07) is 0. The molecule has 2 aliphatic carbocycles. The predicted molar refractivity (Wildman–Crippen MR) is 81.4 cm³/mol. The van der Waals surface area contributed by atoms with Crippen LogP contribution in [-0.4, -0.2) is 24.8 Å². The van der Waals surface area contributed by atoms with Gasteiger partial charge in [0.15, 0.2) is 0 Å². The Morgan fingerprint density at radius 3 is 2.37 bits per heavy atom. The van der Waals surface area contributed by atoms with Crippen molar-refractivity contribution in [3.63, 3.8) is 0 Å². The zero-order valence-corrected chi connectivity index (χ0v) is 13.2. The van der Waals surface area contributed by atoms with E-state index in [0.717, 1.165) is 24.9 Å². The van der Waals surface area contributed by atoms with Crippen molar-refractivity contribution in [3.05, 3.63) is 0 Å². The number of ether oxygens (including phenoxy) is 1. The molecule has 0 aromatic carbocycles. The molecule has 2 heteroatoms. The van der Waals surface area contributed by atoms with Gasteiger partial charge < -0.3 is 10.1 Å². The Bertz CT molecular complexity index is 252. The lowest BCUT2D eigenvalue weighted by atomic mass is 9.78. The van der Waals surface area contributed by atoms with Crippen LogP contribution < -0.4 is 5.32 Å². The van der Waals surface area contributed by atoms with Crippen LogP contribution in [-0.2, 0) is 4.74 Å². The van der Waals surface area contributed by atoms with E-state index in [9.17, 15) is 0 Å². The van der Waals surface area contributed by atoms with Crippen LogP contribution in [0.1, 0.15) is 72.1 Å². The number of hydrogen-bond donors (Lipinski definition) is 1. The maximum atomic E-state index is 6.72. The van der Waals surface area contributed by atoms with Gasteiger partial charge in [0.05, 0.1) is 11.7 Å². The largest absolute Gasteiger partial charge is 0.370 e. The molecule has 19 heavy (non-hydrogen) atoms. The summed E-state index contributed by atoms with van der Waals surface area (Å²) < 4.78 is 6.72. The first-order chi connectivity index (χ1) is 9.15. The Morgan fingerprint density at radius 2 is 1.74 bits per heavy atom. The summed E-state index contributed by atoms with van der Waals surface area (Å²) >= 11 is 0. The van der Waals surface area contributed by atoms with Gasteiger partial charge in [0, 0.05) is 6.54 Å². The Kier molecular flexibility index (Phi) is 5.70. The Morgan fingerprint density at radius 1 is 1.05 bits per heavy atom. The molecule has 2 aliphatic rings. The molecule has 2 saturated carbocycles. The van der Waals surface area contributed by atoms with E-state index < -0.39 is 0 Å². The van der Waals surface area contributed by atoms with Gasteiger partial charge >= 0.3 is 0 Å². The van der Waals surface area contributed by atoms with E-state index in [-0.39, 0.29) is 5.60 Å². The Hall–Kier alpha value is -0.0800. The van der Waals surface area contributed by atoms with E-state index in [1.54, 1.807) is 0 Å². The van der Waals surface area contributed by atoms with Crippen molar-refractivity contribution in [2.24, 2.45) is 11.8 Å². The maximum Gasteiger partial charge on any atom is 0.0810 e. The molecule has 0 aliphatic heterocycles. The van der Waals surface area contributed by atoms with E-state index in [0.29, 0.717) is 6.10 Å². The lowest BCUT2D eigenvalue weighted by molar-refractivity contribution is -0.141. The number of nitrogens with one attached hydrogen (secondary N) is 1. The second-order valence-corrected chi connectivity index (χ2v) is 7.06. The summed E-state index contributed by atoms with van der Waals surface area (Å²) in [6.45, 7) is 9.08. The molecule has 1 N–H and O–H groups in total. The highest BCUT2D eigenvalue weighted by molar-refractivity contribution is 4.90. The molecule has 0 saturated heterocycles. The van der Waals surface area contributed by atoms with Crippen molar-refractivity contribution in [1.82, 2.24) is 5.32 Å². The average Bonchev–Trinajstić information content (AvgIpc) is 2.42. The molecular weight excluding hydrogens is 234 g/mol. The van der Waals surface area contributed by atoms with E-state index in [1.165, 1.54) is 51.4 Å². The average molecular weight is 267 g/mol. The fraction of sp³-hybridized carbons (Fsp3) is 1.00. The van der Waals surface area contributed by atoms with E-state index >= 15 is 0 Å². The lowest BCUT2D eigenvalue weighted by Gasteiger charge is -2.44. The van der Waals surface area contributed by atoms with Crippen molar-refractivity contribution >= 4 is 0 Å². The first kappa shape index (κ1) is 15.3. The molecule has 112 valence electrons. The minimum Gasteiger partial charge on any atom is -0.370 e. The Balaban J connectivity index is 1.96. The van der Waals surface area contributed by atoms with Crippen molar-refractivity contribution in [3.8, 4) is 0 Å². The van der Waals surface area contributed by atoms with Gasteiger partial charge in [-0.05, 0) is 56.9 Å². The van der Waals surface area contributed by atoms with Gasteiger partial charge in [0.25, 0.3) is 0 Å². The van der Waals surface area contributed by atoms with Crippen molar-refractivity contribution in [2.75, 3.05) is 13.1 Å². The van der Waals surface area contributed by atoms with Crippen LogP contribution >= 0.6 is 0 Å². The van der Waals surface area contributed by atoms with Gasteiger partial charge in [-0.15, -0.1) is 0 Å². The second-order valence-electron chi connectivity index (χ2n) is 7.06. The van der Waals surface area contributed by atoms with Crippen LogP contribution in [0.3, 0.4) is 0 Å².